The van der Waals surface area contributed by atoms with E-state index in [-0.39, 0.29) is 0 Å². The van der Waals surface area contributed by atoms with Crippen LogP contribution in [0.15, 0.2) is 30.5 Å². The van der Waals surface area contributed by atoms with Crippen LogP contribution in [-0.2, 0) is 20.7 Å². The highest BCUT2D eigenvalue weighted by molar-refractivity contribution is 5.90. The van der Waals surface area contributed by atoms with Crippen LogP contribution in [0.2, 0.25) is 0 Å². The van der Waals surface area contributed by atoms with E-state index in [1.54, 1.807) is 6.20 Å². The van der Waals surface area contributed by atoms with Crippen molar-refractivity contribution in [2.45, 2.75) is 38.8 Å². The van der Waals surface area contributed by atoms with Gasteiger partial charge < -0.3 is 15.2 Å². The van der Waals surface area contributed by atoms with Crippen molar-refractivity contribution in [1.82, 2.24) is 4.57 Å². The van der Waals surface area contributed by atoms with Crippen LogP contribution in [0.1, 0.15) is 26.3 Å². The van der Waals surface area contributed by atoms with Crippen molar-refractivity contribution in [1.29, 1.82) is 0 Å². The molecular weight excluding hydrogens is 296 g/mol. The van der Waals surface area contributed by atoms with Crippen molar-refractivity contribution in [3.63, 3.8) is 0 Å². The molecule has 0 saturated carbocycles. The molecule has 0 unspecified atom stereocenters. The summed E-state index contributed by atoms with van der Waals surface area (Å²) in [7, 11) is 1.30. The van der Waals surface area contributed by atoms with Crippen LogP contribution in [0.4, 0.5) is 4.79 Å². The molecule has 0 fully saturated rings. The van der Waals surface area contributed by atoms with Gasteiger partial charge in [0.1, 0.15) is 11.6 Å². The van der Waals surface area contributed by atoms with Crippen LogP contribution in [0.5, 0.6) is 0 Å². The molecule has 2 N–H and O–H groups in total. The Morgan fingerprint density at radius 2 is 1.96 bits per heavy atom. The molecular formula is C17H22N2O4. The molecule has 0 amide bonds. The smallest absolute Gasteiger partial charge is 0.418 e. The van der Waals surface area contributed by atoms with Crippen LogP contribution in [0.25, 0.3) is 10.9 Å². The first-order chi connectivity index (χ1) is 10.7. The minimum absolute atomic E-state index is 0.335. The molecule has 1 heterocycles. The Morgan fingerprint density at radius 1 is 1.26 bits per heavy atom. The number of hydrogen-bond acceptors (Lipinski definition) is 5. The van der Waals surface area contributed by atoms with Gasteiger partial charge in [0.15, 0.2) is 0 Å². The Kier molecular flexibility index (Phi) is 4.75. The van der Waals surface area contributed by atoms with Crippen LogP contribution in [0, 0.1) is 0 Å². The topological polar surface area (TPSA) is 83.5 Å². The van der Waals surface area contributed by atoms with Crippen LogP contribution in [0.3, 0.4) is 0 Å². The highest BCUT2D eigenvalue weighted by atomic mass is 16.6. The zero-order chi connectivity index (χ0) is 17.2. The van der Waals surface area contributed by atoms with E-state index in [0.29, 0.717) is 11.9 Å². The maximum Gasteiger partial charge on any atom is 0.418 e. The van der Waals surface area contributed by atoms with Gasteiger partial charge in [-0.15, -0.1) is 0 Å². The average molecular weight is 318 g/mol. The van der Waals surface area contributed by atoms with Gasteiger partial charge in [0.05, 0.1) is 12.6 Å². The number of ether oxygens (including phenoxy) is 2. The number of methoxy groups -OCH3 is 1. The molecule has 124 valence electrons. The minimum atomic E-state index is -0.734. The van der Waals surface area contributed by atoms with Crippen molar-refractivity contribution in [2.75, 3.05) is 7.11 Å². The number of esters is 1. The fourth-order valence-electron chi connectivity index (χ4n) is 2.26. The summed E-state index contributed by atoms with van der Waals surface area (Å²) in [6, 6.07) is 6.70. The van der Waals surface area contributed by atoms with E-state index in [9.17, 15) is 9.59 Å². The number of carbonyl (C=O) groups is 2. The number of fused-ring (bicyclic) bond motifs is 1. The van der Waals surface area contributed by atoms with E-state index < -0.39 is 23.7 Å². The van der Waals surface area contributed by atoms with Gasteiger partial charge in [0, 0.05) is 11.6 Å². The molecule has 23 heavy (non-hydrogen) atoms. The second-order valence-electron chi connectivity index (χ2n) is 6.39. The predicted octanol–water partition coefficient (Wildman–Crippen LogP) is 2.47. The monoisotopic (exact) mass is 318 g/mol. The summed E-state index contributed by atoms with van der Waals surface area (Å²) in [6.45, 7) is 5.45. The third kappa shape index (κ3) is 4.10. The lowest BCUT2D eigenvalue weighted by molar-refractivity contribution is -0.142. The lowest BCUT2D eigenvalue weighted by Gasteiger charge is -2.20. The summed E-state index contributed by atoms with van der Waals surface area (Å²) in [5.41, 5.74) is 6.78. The van der Waals surface area contributed by atoms with Crippen LogP contribution in [-0.4, -0.2) is 35.4 Å². The molecule has 0 aliphatic heterocycles. The molecule has 2 rings (SSSR count). The normalized spacial score (nSPS) is 12.9. The summed E-state index contributed by atoms with van der Waals surface area (Å²) in [4.78, 5) is 23.7. The first-order valence-electron chi connectivity index (χ1n) is 7.38. The van der Waals surface area contributed by atoms with Gasteiger partial charge in [-0.05, 0) is 44.9 Å². The summed E-state index contributed by atoms with van der Waals surface area (Å²) >= 11 is 0. The van der Waals surface area contributed by atoms with Crippen molar-refractivity contribution >= 4 is 23.0 Å². The van der Waals surface area contributed by atoms with E-state index in [0.717, 1.165) is 10.9 Å². The molecule has 6 heteroatoms. The molecule has 1 aromatic carbocycles. The van der Waals surface area contributed by atoms with Gasteiger partial charge in [0.25, 0.3) is 0 Å². The summed E-state index contributed by atoms with van der Waals surface area (Å²) < 4.78 is 11.5. The number of benzene rings is 1. The zero-order valence-electron chi connectivity index (χ0n) is 13.8. The quantitative estimate of drug-likeness (QED) is 0.879. The second kappa shape index (κ2) is 6.42. The molecule has 6 nitrogen and oxygen atoms in total. The number of carbonyl (C=O) groups excluding carboxylic acids is 2. The Hall–Kier alpha value is -2.34. The van der Waals surface area contributed by atoms with E-state index in [2.05, 4.69) is 4.74 Å². The maximum atomic E-state index is 12.3. The van der Waals surface area contributed by atoms with Crippen LogP contribution >= 0.6 is 0 Å². The summed E-state index contributed by atoms with van der Waals surface area (Å²) in [5.74, 6) is -0.465. The lowest BCUT2D eigenvalue weighted by Crippen LogP contribution is -2.33. The predicted molar refractivity (Wildman–Crippen MR) is 87.3 cm³/mol. The Balaban J connectivity index is 2.30. The highest BCUT2D eigenvalue weighted by Crippen LogP contribution is 2.20. The minimum Gasteiger partial charge on any atom is -0.468 e. The van der Waals surface area contributed by atoms with Gasteiger partial charge in [-0.3, -0.25) is 9.36 Å². The summed E-state index contributed by atoms with van der Waals surface area (Å²) in [5, 5.41) is 0.909. The Labute approximate surface area is 135 Å². The van der Waals surface area contributed by atoms with E-state index in [1.807, 2.05) is 45.0 Å². The average Bonchev–Trinajstić information content (AvgIpc) is 2.87. The van der Waals surface area contributed by atoms with Crippen molar-refractivity contribution in [3.05, 3.63) is 36.0 Å². The van der Waals surface area contributed by atoms with E-state index >= 15 is 0 Å². The number of nitrogens with zero attached hydrogens (tertiary/aromatic N) is 1. The second-order valence-corrected chi connectivity index (χ2v) is 6.39. The Bertz CT molecular complexity index is 728. The first-order valence-corrected chi connectivity index (χ1v) is 7.38. The maximum absolute atomic E-state index is 12.3. The molecule has 0 bridgehead atoms. The van der Waals surface area contributed by atoms with Gasteiger partial charge in [-0.1, -0.05) is 12.1 Å². The number of hydrogen-bond donors (Lipinski definition) is 1. The molecule has 0 spiro atoms. The summed E-state index contributed by atoms with van der Waals surface area (Å²) in [6.07, 6.45) is 1.56. The molecule has 0 aliphatic rings. The number of nitrogens with two attached hydrogens (primary N) is 1. The van der Waals surface area contributed by atoms with E-state index in [4.69, 9.17) is 10.5 Å². The fraction of sp³-hybridized carbons (Fsp3) is 0.412. The molecule has 1 aromatic heterocycles. The molecule has 2 aromatic rings. The number of rotatable bonds is 3. The largest absolute Gasteiger partial charge is 0.468 e. The van der Waals surface area contributed by atoms with Gasteiger partial charge in [0.2, 0.25) is 0 Å². The molecule has 0 aliphatic carbocycles. The Morgan fingerprint density at radius 3 is 2.57 bits per heavy atom. The fourth-order valence-corrected chi connectivity index (χ4v) is 2.26. The van der Waals surface area contributed by atoms with Gasteiger partial charge >= 0.3 is 12.1 Å². The number of aromatic nitrogens is 1. The first kappa shape index (κ1) is 17.0. The SMILES string of the molecule is COC(=O)[C@@H](N)Cc1ccc2ccn(C(=O)OC(C)(C)C)c2c1. The third-order valence-electron chi connectivity index (χ3n) is 3.31. The molecule has 1 atom stereocenters. The van der Waals surface area contributed by atoms with Gasteiger partial charge in [-0.25, -0.2) is 4.79 Å². The molecule has 0 saturated heterocycles. The lowest BCUT2D eigenvalue weighted by atomic mass is 10.1. The highest BCUT2D eigenvalue weighted by Gasteiger charge is 2.20. The standard InChI is InChI=1S/C17H22N2O4/c1-17(2,3)23-16(21)19-8-7-12-6-5-11(10-14(12)19)9-13(18)15(20)22-4/h5-8,10,13H,9,18H2,1-4H3/t13-/m0/s1. The van der Waals surface area contributed by atoms with Crippen LogP contribution < -0.4 is 5.73 Å². The van der Waals surface area contributed by atoms with Crippen molar-refractivity contribution in [3.8, 4) is 0 Å². The third-order valence-corrected chi connectivity index (χ3v) is 3.31. The molecule has 0 radical (unpaired) electrons. The van der Waals surface area contributed by atoms with Crippen molar-refractivity contribution in [2.24, 2.45) is 5.73 Å². The van der Waals surface area contributed by atoms with Gasteiger partial charge in [-0.2, -0.15) is 0 Å². The van der Waals surface area contributed by atoms with E-state index in [1.165, 1.54) is 11.7 Å². The van der Waals surface area contributed by atoms with Crippen molar-refractivity contribution < 1.29 is 19.1 Å². The zero-order valence-corrected chi connectivity index (χ0v) is 13.8.